The molecular weight excluding hydrogens is 730 g/mol. The lowest BCUT2D eigenvalue weighted by Gasteiger charge is -2.30. The number of amides is 1. The first-order valence-corrected chi connectivity index (χ1v) is 18.2. The Bertz CT molecular complexity index is 1500. The van der Waals surface area contributed by atoms with Gasteiger partial charge in [0.15, 0.2) is 0 Å². The average molecular weight is 770 g/mol. The summed E-state index contributed by atoms with van der Waals surface area (Å²) in [6.45, 7) is 1.26. The van der Waals surface area contributed by atoms with Crippen molar-refractivity contribution in [3.8, 4) is 0 Å². The van der Waals surface area contributed by atoms with Crippen LogP contribution < -0.4 is 14.9 Å². The van der Waals surface area contributed by atoms with Gasteiger partial charge in [-0.25, -0.2) is 8.42 Å². The fourth-order valence-electron chi connectivity index (χ4n) is 6.11. The molecule has 0 radical (unpaired) electrons. The Balaban J connectivity index is 0.00000442. The van der Waals surface area contributed by atoms with Crippen LogP contribution >= 0.6 is 44.3 Å². The Hall–Kier alpha value is -1.95. The van der Waals surface area contributed by atoms with E-state index in [4.69, 9.17) is 0 Å². The fraction of sp³-hybridized carbons (Fsp3) is 0.424. The Kier molecular flexibility index (Phi) is 12.7. The number of benzene rings is 3. The minimum Gasteiger partial charge on any atom is -0.390 e. The third kappa shape index (κ3) is 9.30. The average Bonchev–Trinajstić information content (AvgIpc) is 3.52. The Morgan fingerprint density at radius 3 is 2.32 bits per heavy atom. The third-order valence-electron chi connectivity index (χ3n) is 8.35. The first kappa shape index (κ1) is 34.9. The molecule has 1 aliphatic carbocycles. The predicted molar refractivity (Wildman–Crippen MR) is 186 cm³/mol. The highest BCUT2D eigenvalue weighted by atomic mass is 79.9. The molecule has 0 aromatic heterocycles. The van der Waals surface area contributed by atoms with E-state index in [-0.39, 0.29) is 30.6 Å². The monoisotopic (exact) mass is 767 g/mol. The van der Waals surface area contributed by atoms with Gasteiger partial charge in [-0.3, -0.25) is 9.10 Å². The van der Waals surface area contributed by atoms with Gasteiger partial charge in [0.2, 0.25) is 10.0 Å². The van der Waals surface area contributed by atoms with Crippen LogP contribution in [-0.2, 0) is 23.0 Å². The van der Waals surface area contributed by atoms with Crippen molar-refractivity contribution < 1.29 is 18.3 Å². The van der Waals surface area contributed by atoms with Gasteiger partial charge >= 0.3 is 0 Å². The van der Waals surface area contributed by atoms with Crippen LogP contribution in [0.25, 0.3) is 0 Å². The van der Waals surface area contributed by atoms with E-state index in [1.807, 2.05) is 60.7 Å². The predicted octanol–water partition coefficient (Wildman–Crippen LogP) is 6.71. The molecule has 3 aromatic carbocycles. The first-order valence-electron chi connectivity index (χ1n) is 15.0. The van der Waals surface area contributed by atoms with Crippen LogP contribution in [0.2, 0.25) is 0 Å². The van der Waals surface area contributed by atoms with Crippen LogP contribution in [-0.4, -0.2) is 50.4 Å². The van der Waals surface area contributed by atoms with E-state index in [1.54, 1.807) is 6.07 Å². The number of carbonyl (C=O) groups excluding carboxylic acids is 1. The fourth-order valence-corrected chi connectivity index (χ4v) is 9.12. The number of anilines is 1. The molecule has 1 aliphatic heterocycles. The van der Waals surface area contributed by atoms with E-state index in [9.17, 15) is 18.3 Å². The highest BCUT2D eigenvalue weighted by Crippen LogP contribution is 2.37. The number of nitrogens with zero attached hydrogens (tertiary/aromatic N) is 1. The summed E-state index contributed by atoms with van der Waals surface area (Å²) < 4.78 is 29.4. The minimum absolute atomic E-state index is 0. The van der Waals surface area contributed by atoms with Gasteiger partial charge < -0.3 is 15.7 Å². The van der Waals surface area contributed by atoms with E-state index in [1.165, 1.54) is 4.31 Å². The van der Waals surface area contributed by atoms with Gasteiger partial charge in [-0.1, -0.05) is 75.0 Å². The SMILES string of the molecule is Cl.O=C(N[C@@H](Cc1ccccc1)[C@H](O)CNCc1cc(Br)cc(Br)c1)c1cc(C2CCCC2)cc(N2CCCCS2(=O)=O)c1. The second-order valence-electron chi connectivity index (χ2n) is 11.6. The van der Waals surface area contributed by atoms with Crippen molar-refractivity contribution in [2.45, 2.75) is 69.6 Å². The lowest BCUT2D eigenvalue weighted by atomic mass is 9.94. The zero-order chi connectivity index (χ0) is 30.4. The second-order valence-corrected chi connectivity index (χ2v) is 15.5. The minimum atomic E-state index is -3.43. The molecule has 2 atom stereocenters. The molecule has 3 N–H and O–H groups in total. The molecule has 1 saturated carbocycles. The second kappa shape index (κ2) is 16.1. The molecule has 3 aromatic rings. The number of nitrogens with one attached hydrogen (secondary N) is 2. The number of hydrogen-bond donors (Lipinski definition) is 3. The molecule has 7 nitrogen and oxygen atoms in total. The van der Waals surface area contributed by atoms with Crippen LogP contribution in [0.5, 0.6) is 0 Å². The Morgan fingerprint density at radius 2 is 1.64 bits per heavy atom. The van der Waals surface area contributed by atoms with Gasteiger partial charge in [0, 0.05) is 34.1 Å². The molecular formula is C33H40Br2ClN3O4S. The largest absolute Gasteiger partial charge is 0.390 e. The number of aliphatic hydroxyl groups is 1. The molecule has 238 valence electrons. The maximum atomic E-state index is 13.9. The van der Waals surface area contributed by atoms with Gasteiger partial charge in [0.05, 0.1) is 23.6 Å². The molecule has 44 heavy (non-hydrogen) atoms. The van der Waals surface area contributed by atoms with Crippen molar-refractivity contribution in [2.75, 3.05) is 23.1 Å². The number of sulfonamides is 1. The van der Waals surface area contributed by atoms with Crippen molar-refractivity contribution in [3.63, 3.8) is 0 Å². The Labute approximate surface area is 283 Å². The first-order chi connectivity index (χ1) is 20.7. The summed E-state index contributed by atoms with van der Waals surface area (Å²) in [6, 6.07) is 20.8. The van der Waals surface area contributed by atoms with E-state index in [0.29, 0.717) is 43.1 Å². The number of carbonyl (C=O) groups is 1. The van der Waals surface area contributed by atoms with Crippen molar-refractivity contribution in [2.24, 2.45) is 0 Å². The molecule has 1 amide bonds. The molecule has 2 aliphatic rings. The molecule has 0 bridgehead atoms. The third-order valence-corrected chi connectivity index (χ3v) is 11.1. The summed E-state index contributed by atoms with van der Waals surface area (Å²) in [5, 5.41) is 17.8. The highest BCUT2D eigenvalue weighted by Gasteiger charge is 2.29. The Morgan fingerprint density at radius 1 is 0.932 bits per heavy atom. The zero-order valence-electron chi connectivity index (χ0n) is 24.6. The van der Waals surface area contributed by atoms with Crippen LogP contribution in [0.3, 0.4) is 0 Å². The van der Waals surface area contributed by atoms with E-state index in [2.05, 4.69) is 42.5 Å². The maximum Gasteiger partial charge on any atom is 0.251 e. The summed E-state index contributed by atoms with van der Waals surface area (Å²) in [5.74, 6) is 0.121. The highest BCUT2D eigenvalue weighted by molar-refractivity contribution is 9.11. The van der Waals surface area contributed by atoms with E-state index >= 15 is 0 Å². The van der Waals surface area contributed by atoms with Gasteiger partial charge in [-0.05, 0) is 91.1 Å². The van der Waals surface area contributed by atoms with E-state index < -0.39 is 22.2 Å². The van der Waals surface area contributed by atoms with Crippen LogP contribution in [0.15, 0.2) is 75.7 Å². The van der Waals surface area contributed by atoms with Gasteiger partial charge in [-0.15, -0.1) is 12.4 Å². The van der Waals surface area contributed by atoms with Gasteiger partial charge in [-0.2, -0.15) is 0 Å². The lowest BCUT2D eigenvalue weighted by Crippen LogP contribution is -2.48. The topological polar surface area (TPSA) is 98.7 Å². The normalized spacial score (nSPS) is 17.9. The quantitative estimate of drug-likeness (QED) is 0.202. The molecule has 1 saturated heterocycles. The zero-order valence-corrected chi connectivity index (χ0v) is 29.4. The molecule has 0 unspecified atom stereocenters. The summed E-state index contributed by atoms with van der Waals surface area (Å²) >= 11 is 7.03. The van der Waals surface area contributed by atoms with Crippen molar-refractivity contribution >= 4 is 65.9 Å². The molecule has 5 rings (SSSR count). The smallest absolute Gasteiger partial charge is 0.251 e. The van der Waals surface area contributed by atoms with Crippen molar-refractivity contribution in [1.82, 2.24) is 10.6 Å². The standard InChI is InChI=1S/C33H39Br2N3O4S.ClH/c34-28-14-24(15-29(35)20-28)21-36-22-32(39)31(16-23-8-2-1-3-9-23)37-33(40)27-17-26(25-10-4-5-11-25)18-30(19-27)38-12-6-7-13-43(38,41)42;/h1-3,8-9,14-15,17-20,25,31-32,36,39H,4-7,10-13,16,21-22H2,(H,37,40);1H/t31-,32+;/m0./s1. The van der Waals surface area contributed by atoms with Crippen LogP contribution in [0, 0.1) is 0 Å². The molecule has 2 fully saturated rings. The molecule has 11 heteroatoms. The van der Waals surface area contributed by atoms with Crippen LogP contribution in [0.4, 0.5) is 5.69 Å². The van der Waals surface area contributed by atoms with Gasteiger partial charge in [0.1, 0.15) is 0 Å². The lowest BCUT2D eigenvalue weighted by molar-refractivity contribution is 0.0830. The summed E-state index contributed by atoms with van der Waals surface area (Å²) in [4.78, 5) is 13.9. The summed E-state index contributed by atoms with van der Waals surface area (Å²) in [5.41, 5.74) is 4.07. The van der Waals surface area contributed by atoms with Crippen LogP contribution in [0.1, 0.15) is 71.5 Å². The van der Waals surface area contributed by atoms with Crippen molar-refractivity contribution in [3.05, 3.63) is 97.9 Å². The molecule has 0 spiro atoms. The summed E-state index contributed by atoms with van der Waals surface area (Å²) in [7, 11) is -3.43. The summed E-state index contributed by atoms with van der Waals surface area (Å²) in [6.07, 6.45) is 5.37. The number of rotatable bonds is 11. The number of hydrogen-bond acceptors (Lipinski definition) is 5. The van der Waals surface area contributed by atoms with Crippen molar-refractivity contribution in [1.29, 1.82) is 0 Å². The number of halogens is 3. The number of aliphatic hydroxyl groups excluding tert-OH is 1. The molecule has 1 heterocycles. The maximum absolute atomic E-state index is 13.9. The van der Waals surface area contributed by atoms with E-state index in [0.717, 1.165) is 57.7 Å². The van der Waals surface area contributed by atoms with Gasteiger partial charge in [0.25, 0.3) is 5.91 Å².